The lowest BCUT2D eigenvalue weighted by Gasteiger charge is -2.32. The Morgan fingerprint density at radius 3 is 2.58 bits per heavy atom. The lowest BCUT2D eigenvalue weighted by atomic mass is 9.80. The van der Waals surface area contributed by atoms with E-state index in [9.17, 15) is 0 Å². The van der Waals surface area contributed by atoms with Crippen molar-refractivity contribution in [3.63, 3.8) is 0 Å². The third-order valence-electron chi connectivity index (χ3n) is 3.95. The molecular formula is C16H18BrNS. The molecule has 0 aliphatic carbocycles. The highest BCUT2D eigenvalue weighted by molar-refractivity contribution is 9.11. The van der Waals surface area contributed by atoms with Crippen LogP contribution in [0.25, 0.3) is 0 Å². The quantitative estimate of drug-likeness (QED) is 0.840. The summed E-state index contributed by atoms with van der Waals surface area (Å²) in [5.41, 5.74) is 2.80. The first-order chi connectivity index (χ1) is 9.24. The van der Waals surface area contributed by atoms with Crippen LogP contribution in [-0.2, 0) is 0 Å². The summed E-state index contributed by atoms with van der Waals surface area (Å²) in [7, 11) is 0. The Hall–Kier alpha value is -0.640. The molecule has 0 amide bonds. The number of halogens is 1. The summed E-state index contributed by atoms with van der Waals surface area (Å²) in [5, 5.41) is 3.55. The predicted octanol–water partition coefficient (Wildman–Crippen LogP) is 4.68. The van der Waals surface area contributed by atoms with Crippen LogP contribution in [0.2, 0.25) is 0 Å². The molecule has 0 saturated carbocycles. The average Bonchev–Trinajstić information content (AvgIpc) is 2.86. The molecule has 1 aromatic carbocycles. The average molecular weight is 336 g/mol. The normalized spacial score (nSPS) is 23.5. The van der Waals surface area contributed by atoms with Crippen LogP contribution < -0.4 is 5.32 Å². The smallest absolute Gasteiger partial charge is 0.0701 e. The van der Waals surface area contributed by atoms with Gasteiger partial charge < -0.3 is 5.32 Å². The van der Waals surface area contributed by atoms with Crippen molar-refractivity contribution < 1.29 is 0 Å². The predicted molar refractivity (Wildman–Crippen MR) is 86.2 cm³/mol. The van der Waals surface area contributed by atoms with E-state index in [0.29, 0.717) is 11.8 Å². The van der Waals surface area contributed by atoms with Gasteiger partial charge in [0.15, 0.2) is 0 Å². The Bertz CT molecular complexity index is 546. The van der Waals surface area contributed by atoms with Gasteiger partial charge in [0.05, 0.1) is 3.79 Å². The van der Waals surface area contributed by atoms with Gasteiger partial charge in [-0.05, 0) is 53.5 Å². The summed E-state index contributed by atoms with van der Waals surface area (Å²) in [5.74, 6) is 1.25. The van der Waals surface area contributed by atoms with Gasteiger partial charge in [0, 0.05) is 23.3 Å². The molecular weight excluding hydrogens is 318 g/mol. The van der Waals surface area contributed by atoms with Crippen LogP contribution in [0.5, 0.6) is 0 Å². The van der Waals surface area contributed by atoms with E-state index >= 15 is 0 Å². The topological polar surface area (TPSA) is 12.0 Å². The first kappa shape index (κ1) is 13.3. The second-order valence-corrected chi connectivity index (χ2v) is 7.75. The molecule has 2 atom stereocenters. The van der Waals surface area contributed by atoms with Gasteiger partial charge in [-0.15, -0.1) is 11.3 Å². The summed E-state index contributed by atoms with van der Waals surface area (Å²) >= 11 is 5.47. The SMILES string of the molecule is Cc1ccc(C2CNCCC2c2ccc(Br)s2)cc1. The molecule has 1 aliphatic heterocycles. The third-order valence-corrected chi connectivity index (χ3v) is 5.70. The first-order valence-corrected chi connectivity index (χ1v) is 8.37. The first-order valence-electron chi connectivity index (χ1n) is 6.76. The molecule has 1 fully saturated rings. The second kappa shape index (κ2) is 5.78. The van der Waals surface area contributed by atoms with Crippen molar-refractivity contribution in [2.75, 3.05) is 13.1 Å². The lowest BCUT2D eigenvalue weighted by molar-refractivity contribution is 0.408. The van der Waals surface area contributed by atoms with Crippen LogP contribution in [0.15, 0.2) is 40.2 Å². The summed E-state index contributed by atoms with van der Waals surface area (Å²) in [6, 6.07) is 13.5. The Balaban J connectivity index is 1.90. The monoisotopic (exact) mass is 335 g/mol. The Morgan fingerprint density at radius 1 is 1.11 bits per heavy atom. The zero-order valence-corrected chi connectivity index (χ0v) is 13.4. The van der Waals surface area contributed by atoms with Crippen molar-refractivity contribution in [3.05, 3.63) is 56.2 Å². The maximum absolute atomic E-state index is 3.59. The van der Waals surface area contributed by atoms with Crippen molar-refractivity contribution in [2.45, 2.75) is 25.2 Å². The van der Waals surface area contributed by atoms with Gasteiger partial charge >= 0.3 is 0 Å². The van der Waals surface area contributed by atoms with Crippen LogP contribution in [0.3, 0.4) is 0 Å². The maximum atomic E-state index is 3.59. The Labute approximate surface area is 127 Å². The molecule has 3 heteroatoms. The van der Waals surface area contributed by atoms with Gasteiger partial charge in [-0.1, -0.05) is 29.8 Å². The van der Waals surface area contributed by atoms with Crippen LogP contribution in [0.4, 0.5) is 0 Å². The van der Waals surface area contributed by atoms with Crippen LogP contribution in [-0.4, -0.2) is 13.1 Å². The molecule has 100 valence electrons. The van der Waals surface area contributed by atoms with Crippen molar-refractivity contribution in [2.24, 2.45) is 0 Å². The fourth-order valence-corrected chi connectivity index (χ4v) is 4.51. The summed E-state index contributed by atoms with van der Waals surface area (Å²) in [4.78, 5) is 1.51. The van der Waals surface area contributed by atoms with E-state index in [2.05, 4.69) is 64.6 Å². The van der Waals surface area contributed by atoms with Gasteiger partial charge in [-0.3, -0.25) is 0 Å². The fourth-order valence-electron chi connectivity index (χ4n) is 2.89. The number of benzene rings is 1. The molecule has 1 nitrogen and oxygen atoms in total. The molecule has 2 aromatic rings. The largest absolute Gasteiger partial charge is 0.316 e. The Kier molecular flexibility index (Phi) is 4.06. The summed E-state index contributed by atoms with van der Waals surface area (Å²) < 4.78 is 1.24. The van der Waals surface area contributed by atoms with E-state index in [1.54, 1.807) is 0 Å². The van der Waals surface area contributed by atoms with Gasteiger partial charge in [0.1, 0.15) is 0 Å². The van der Waals surface area contributed by atoms with Crippen molar-refractivity contribution in [1.82, 2.24) is 5.32 Å². The van der Waals surface area contributed by atoms with Crippen molar-refractivity contribution >= 4 is 27.3 Å². The number of thiophene rings is 1. The Morgan fingerprint density at radius 2 is 1.89 bits per heavy atom. The van der Waals surface area contributed by atoms with Crippen LogP contribution in [0, 0.1) is 6.92 Å². The molecule has 19 heavy (non-hydrogen) atoms. The lowest BCUT2D eigenvalue weighted by Crippen LogP contribution is -2.33. The van der Waals surface area contributed by atoms with Crippen LogP contribution in [0.1, 0.15) is 34.3 Å². The second-order valence-electron chi connectivity index (χ2n) is 5.26. The van der Waals surface area contributed by atoms with E-state index in [0.717, 1.165) is 13.1 Å². The number of aryl methyl sites for hydroxylation is 1. The molecule has 2 heterocycles. The third kappa shape index (κ3) is 2.93. The minimum absolute atomic E-state index is 0.597. The molecule has 1 N–H and O–H groups in total. The number of hydrogen-bond acceptors (Lipinski definition) is 2. The van der Waals surface area contributed by atoms with E-state index in [4.69, 9.17) is 0 Å². The minimum atomic E-state index is 0.597. The number of piperidine rings is 1. The molecule has 1 saturated heterocycles. The fraction of sp³-hybridized carbons (Fsp3) is 0.375. The van der Waals surface area contributed by atoms with Gasteiger partial charge in [-0.25, -0.2) is 0 Å². The standard InChI is InChI=1S/C16H18BrNS/c1-11-2-4-12(5-3-11)14-10-18-9-8-13(14)15-6-7-16(17)19-15/h2-7,13-14,18H,8-10H2,1H3. The molecule has 1 aromatic heterocycles. The van der Waals surface area contributed by atoms with Crippen molar-refractivity contribution in [3.8, 4) is 0 Å². The van der Waals surface area contributed by atoms with E-state index < -0.39 is 0 Å². The molecule has 0 bridgehead atoms. The van der Waals surface area contributed by atoms with E-state index in [-0.39, 0.29) is 0 Å². The maximum Gasteiger partial charge on any atom is 0.0701 e. The molecule has 2 unspecified atom stereocenters. The van der Waals surface area contributed by atoms with E-state index in [1.807, 2.05) is 11.3 Å². The molecule has 0 spiro atoms. The highest BCUT2D eigenvalue weighted by atomic mass is 79.9. The van der Waals surface area contributed by atoms with Gasteiger partial charge in [0.2, 0.25) is 0 Å². The molecule has 1 aliphatic rings. The zero-order chi connectivity index (χ0) is 13.2. The number of nitrogens with one attached hydrogen (secondary N) is 1. The number of hydrogen-bond donors (Lipinski definition) is 1. The van der Waals surface area contributed by atoms with Gasteiger partial charge in [-0.2, -0.15) is 0 Å². The minimum Gasteiger partial charge on any atom is -0.316 e. The van der Waals surface area contributed by atoms with Crippen molar-refractivity contribution in [1.29, 1.82) is 0 Å². The van der Waals surface area contributed by atoms with Crippen LogP contribution >= 0.6 is 27.3 Å². The molecule has 3 rings (SSSR count). The summed E-state index contributed by atoms with van der Waals surface area (Å²) in [6.45, 7) is 4.36. The zero-order valence-electron chi connectivity index (χ0n) is 11.0. The highest BCUT2D eigenvalue weighted by Crippen LogP contribution is 2.41. The number of rotatable bonds is 2. The highest BCUT2D eigenvalue weighted by Gasteiger charge is 2.28. The van der Waals surface area contributed by atoms with E-state index in [1.165, 1.54) is 26.2 Å². The van der Waals surface area contributed by atoms with Gasteiger partial charge in [0.25, 0.3) is 0 Å². The molecule has 0 radical (unpaired) electrons. The summed E-state index contributed by atoms with van der Waals surface area (Å²) in [6.07, 6.45) is 1.23.